The van der Waals surface area contributed by atoms with Crippen LogP contribution in [0.25, 0.3) is 0 Å². The summed E-state index contributed by atoms with van der Waals surface area (Å²) < 4.78 is 1.99. The Bertz CT molecular complexity index is 286. The van der Waals surface area contributed by atoms with Crippen LogP contribution >= 0.6 is 27.5 Å². The van der Waals surface area contributed by atoms with Crippen molar-refractivity contribution in [3.63, 3.8) is 0 Å². The van der Waals surface area contributed by atoms with Gasteiger partial charge in [-0.15, -0.1) is 0 Å². The van der Waals surface area contributed by atoms with Crippen LogP contribution in [-0.4, -0.2) is 15.1 Å². The van der Waals surface area contributed by atoms with Crippen LogP contribution in [0.2, 0.25) is 5.02 Å². The van der Waals surface area contributed by atoms with Gasteiger partial charge in [0, 0.05) is 11.9 Å². The molecule has 1 atom stereocenters. The molecule has 0 amide bonds. The molecule has 0 saturated carbocycles. The van der Waals surface area contributed by atoms with Crippen LogP contribution in [0.4, 0.5) is 0 Å². The van der Waals surface area contributed by atoms with E-state index in [-0.39, 0.29) is 0 Å². The third-order valence-corrected chi connectivity index (χ3v) is 3.68. The second-order valence-electron chi connectivity index (χ2n) is 3.57. The van der Waals surface area contributed by atoms with Crippen molar-refractivity contribution in [2.45, 2.75) is 33.2 Å². The van der Waals surface area contributed by atoms with Gasteiger partial charge >= 0.3 is 0 Å². The first kappa shape index (κ1) is 12.1. The molecule has 4 heteroatoms. The number of nitrogens with zero attached hydrogens (tertiary/aromatic N) is 2. The van der Waals surface area contributed by atoms with Crippen LogP contribution in [0.1, 0.15) is 25.5 Å². The van der Waals surface area contributed by atoms with Crippen LogP contribution in [0.3, 0.4) is 0 Å². The molecular weight excluding hydrogens is 263 g/mol. The average molecular weight is 280 g/mol. The molecule has 0 fully saturated rings. The van der Waals surface area contributed by atoms with E-state index < -0.39 is 0 Å². The van der Waals surface area contributed by atoms with Crippen molar-refractivity contribution in [2.75, 3.05) is 5.33 Å². The molecule has 1 rings (SSSR count). The van der Waals surface area contributed by atoms with Crippen molar-refractivity contribution in [1.29, 1.82) is 0 Å². The molecule has 0 aliphatic heterocycles. The maximum atomic E-state index is 5.94. The van der Waals surface area contributed by atoms with E-state index in [2.05, 4.69) is 28.0 Å². The molecule has 0 aliphatic rings. The summed E-state index contributed by atoms with van der Waals surface area (Å²) in [6, 6.07) is 0. The predicted molar refractivity (Wildman–Crippen MR) is 64.2 cm³/mol. The summed E-state index contributed by atoms with van der Waals surface area (Å²) in [5, 5.41) is 6.03. The van der Waals surface area contributed by atoms with Crippen molar-refractivity contribution >= 4 is 27.5 Å². The summed E-state index contributed by atoms with van der Waals surface area (Å²) >= 11 is 9.47. The first-order valence-corrected chi connectivity index (χ1v) is 6.42. The second kappa shape index (κ2) is 5.76. The van der Waals surface area contributed by atoms with Crippen LogP contribution in [0.5, 0.6) is 0 Å². The quantitative estimate of drug-likeness (QED) is 0.752. The molecule has 0 bridgehead atoms. The van der Waals surface area contributed by atoms with Crippen LogP contribution in [0, 0.1) is 12.8 Å². The summed E-state index contributed by atoms with van der Waals surface area (Å²) in [6.07, 6.45) is 4.15. The first-order chi connectivity index (χ1) is 6.69. The van der Waals surface area contributed by atoms with Crippen LogP contribution in [-0.2, 0) is 6.54 Å². The van der Waals surface area contributed by atoms with Gasteiger partial charge in [0.2, 0.25) is 0 Å². The Hall–Kier alpha value is -0.0200. The summed E-state index contributed by atoms with van der Waals surface area (Å²) in [4.78, 5) is 0. The van der Waals surface area contributed by atoms with Gasteiger partial charge in [-0.2, -0.15) is 5.10 Å². The summed E-state index contributed by atoms with van der Waals surface area (Å²) in [5.74, 6) is 0.648. The van der Waals surface area contributed by atoms with Gasteiger partial charge in [0.15, 0.2) is 0 Å². The zero-order valence-electron chi connectivity index (χ0n) is 8.63. The lowest BCUT2D eigenvalue weighted by Gasteiger charge is -2.13. The lowest BCUT2D eigenvalue weighted by molar-refractivity contribution is 0.423. The molecular formula is C10H16BrClN2. The van der Waals surface area contributed by atoms with E-state index in [0.29, 0.717) is 5.92 Å². The molecule has 0 N–H and O–H groups in total. The van der Waals surface area contributed by atoms with Crippen molar-refractivity contribution < 1.29 is 0 Å². The van der Waals surface area contributed by atoms with E-state index in [9.17, 15) is 0 Å². The normalized spacial score (nSPS) is 13.1. The molecule has 14 heavy (non-hydrogen) atoms. The molecule has 1 aromatic heterocycles. The van der Waals surface area contributed by atoms with Gasteiger partial charge in [-0.3, -0.25) is 4.68 Å². The number of hydrogen-bond donors (Lipinski definition) is 0. The number of rotatable bonds is 5. The SMILES string of the molecule is CCCC(CBr)Cn1ncc(Cl)c1C. The molecule has 0 radical (unpaired) electrons. The van der Waals surface area contributed by atoms with E-state index in [1.807, 2.05) is 11.6 Å². The Morgan fingerprint density at radius 2 is 2.36 bits per heavy atom. The van der Waals surface area contributed by atoms with Crippen LogP contribution in [0.15, 0.2) is 6.20 Å². The molecule has 0 aromatic carbocycles. The summed E-state index contributed by atoms with van der Waals surface area (Å²) in [6.45, 7) is 5.17. The summed E-state index contributed by atoms with van der Waals surface area (Å²) in [5.41, 5.74) is 1.06. The fourth-order valence-corrected chi connectivity index (χ4v) is 2.15. The maximum Gasteiger partial charge on any atom is 0.0814 e. The molecule has 1 heterocycles. The minimum absolute atomic E-state index is 0.648. The molecule has 0 aliphatic carbocycles. The average Bonchev–Trinajstić information content (AvgIpc) is 2.49. The Morgan fingerprint density at radius 1 is 1.64 bits per heavy atom. The van der Waals surface area contributed by atoms with Gasteiger partial charge in [0.05, 0.1) is 16.9 Å². The monoisotopic (exact) mass is 278 g/mol. The topological polar surface area (TPSA) is 17.8 Å². The van der Waals surface area contributed by atoms with E-state index >= 15 is 0 Å². The zero-order valence-corrected chi connectivity index (χ0v) is 11.0. The molecule has 80 valence electrons. The minimum Gasteiger partial charge on any atom is -0.268 e. The van der Waals surface area contributed by atoms with Crippen molar-refractivity contribution in [1.82, 2.24) is 9.78 Å². The molecule has 1 aromatic rings. The Balaban J connectivity index is 2.62. The fourth-order valence-electron chi connectivity index (χ4n) is 1.48. The van der Waals surface area contributed by atoms with Gasteiger partial charge < -0.3 is 0 Å². The minimum atomic E-state index is 0.648. The smallest absolute Gasteiger partial charge is 0.0814 e. The van der Waals surface area contributed by atoms with Gasteiger partial charge in [-0.25, -0.2) is 0 Å². The van der Waals surface area contributed by atoms with Crippen molar-refractivity contribution in [3.8, 4) is 0 Å². The third kappa shape index (κ3) is 2.99. The largest absolute Gasteiger partial charge is 0.268 e. The first-order valence-electron chi connectivity index (χ1n) is 4.92. The number of alkyl halides is 1. The van der Waals surface area contributed by atoms with Gasteiger partial charge in [-0.05, 0) is 19.3 Å². The Labute approximate surface area is 98.8 Å². The Kier molecular flexibility index (Phi) is 4.96. The zero-order chi connectivity index (χ0) is 10.6. The van der Waals surface area contributed by atoms with Gasteiger partial charge in [-0.1, -0.05) is 40.9 Å². The fraction of sp³-hybridized carbons (Fsp3) is 0.700. The highest BCUT2D eigenvalue weighted by atomic mass is 79.9. The maximum absolute atomic E-state index is 5.94. The summed E-state index contributed by atoms with van der Waals surface area (Å²) in [7, 11) is 0. The second-order valence-corrected chi connectivity index (χ2v) is 4.62. The molecule has 1 unspecified atom stereocenters. The van der Waals surface area contributed by atoms with E-state index in [4.69, 9.17) is 11.6 Å². The Morgan fingerprint density at radius 3 is 2.79 bits per heavy atom. The lowest BCUT2D eigenvalue weighted by atomic mass is 10.1. The van der Waals surface area contributed by atoms with E-state index in [1.54, 1.807) is 6.20 Å². The highest BCUT2D eigenvalue weighted by Gasteiger charge is 2.10. The highest BCUT2D eigenvalue weighted by molar-refractivity contribution is 9.09. The molecule has 0 saturated heterocycles. The van der Waals surface area contributed by atoms with Crippen LogP contribution < -0.4 is 0 Å². The number of hydrogen-bond acceptors (Lipinski definition) is 1. The van der Waals surface area contributed by atoms with E-state index in [1.165, 1.54) is 12.8 Å². The van der Waals surface area contributed by atoms with Gasteiger partial charge in [0.25, 0.3) is 0 Å². The van der Waals surface area contributed by atoms with E-state index in [0.717, 1.165) is 22.6 Å². The van der Waals surface area contributed by atoms with Crippen molar-refractivity contribution in [3.05, 3.63) is 16.9 Å². The van der Waals surface area contributed by atoms with Crippen molar-refractivity contribution in [2.24, 2.45) is 5.92 Å². The lowest BCUT2D eigenvalue weighted by Crippen LogP contribution is -2.14. The highest BCUT2D eigenvalue weighted by Crippen LogP contribution is 2.17. The standard InChI is InChI=1S/C10H16BrClN2/c1-3-4-9(5-11)7-14-8(2)10(12)6-13-14/h6,9H,3-5,7H2,1-2H3. The number of aromatic nitrogens is 2. The third-order valence-electron chi connectivity index (χ3n) is 2.39. The number of halogens is 2. The van der Waals surface area contributed by atoms with Gasteiger partial charge in [0.1, 0.15) is 0 Å². The molecule has 2 nitrogen and oxygen atoms in total. The predicted octanol–water partition coefficient (Wildman–Crippen LogP) is 3.66. The molecule has 0 spiro atoms.